The first-order valence-corrected chi connectivity index (χ1v) is 9.60. The molecule has 0 spiro atoms. The molecule has 0 amide bonds. The van der Waals surface area contributed by atoms with E-state index in [4.69, 9.17) is 0 Å². The molecule has 0 fully saturated rings. The summed E-state index contributed by atoms with van der Waals surface area (Å²) in [7, 11) is 0. The summed E-state index contributed by atoms with van der Waals surface area (Å²) in [6.45, 7) is 0. The van der Waals surface area contributed by atoms with E-state index >= 15 is 0 Å². The van der Waals surface area contributed by atoms with Gasteiger partial charge in [-0.3, -0.25) is 20.2 Å². The molecule has 0 saturated heterocycles. The van der Waals surface area contributed by atoms with Gasteiger partial charge in [-0.1, -0.05) is 48.5 Å². The van der Waals surface area contributed by atoms with Crippen LogP contribution < -0.4 is 0 Å². The maximum Gasteiger partial charge on any atom is 0.277 e. The summed E-state index contributed by atoms with van der Waals surface area (Å²) >= 11 is 0. The van der Waals surface area contributed by atoms with Crippen molar-refractivity contribution in [1.29, 1.82) is 0 Å². The molecule has 0 aromatic heterocycles. The van der Waals surface area contributed by atoms with Gasteiger partial charge >= 0.3 is 0 Å². The molecule has 0 radical (unpaired) electrons. The third-order valence-corrected chi connectivity index (χ3v) is 5.75. The molecule has 146 valence electrons. The molecule has 2 aliphatic carbocycles. The van der Waals surface area contributed by atoms with Crippen LogP contribution in [0.15, 0.2) is 66.7 Å². The predicted octanol–water partition coefficient (Wildman–Crippen LogP) is 5.77. The van der Waals surface area contributed by atoms with Crippen LogP contribution in [0.4, 0.5) is 5.69 Å². The first kappa shape index (κ1) is 18.0. The van der Waals surface area contributed by atoms with Gasteiger partial charge in [0.2, 0.25) is 0 Å². The van der Waals surface area contributed by atoms with Crippen molar-refractivity contribution in [2.75, 3.05) is 0 Å². The smallest absolute Gasteiger partial charge is 0.258 e. The zero-order valence-corrected chi connectivity index (χ0v) is 15.9. The quantitative estimate of drug-likeness (QED) is 0.318. The molecule has 0 aliphatic heterocycles. The number of nitro benzene ring substituents is 1. The zero-order valence-electron chi connectivity index (χ0n) is 15.9. The number of benzene rings is 4. The van der Waals surface area contributed by atoms with Gasteiger partial charge in [0, 0.05) is 17.5 Å². The highest BCUT2D eigenvalue weighted by Gasteiger charge is 2.24. The monoisotopic (exact) mass is 396 g/mol. The van der Waals surface area contributed by atoms with E-state index in [1.165, 1.54) is 11.1 Å². The summed E-state index contributed by atoms with van der Waals surface area (Å²) in [6.07, 6.45) is 3.65. The van der Waals surface area contributed by atoms with Gasteiger partial charge in [0.25, 0.3) is 11.4 Å². The Morgan fingerprint density at radius 3 is 2.13 bits per heavy atom. The fraction of sp³-hybridized carbons (Fsp3) is 0.0833. The normalized spacial score (nSPS) is 13.1. The summed E-state index contributed by atoms with van der Waals surface area (Å²) in [5.74, 6) is 0. The van der Waals surface area contributed by atoms with E-state index in [0.717, 1.165) is 45.5 Å². The Labute approximate surface area is 171 Å². The minimum Gasteiger partial charge on any atom is -0.258 e. The molecular formula is C24H16N2O4. The molecule has 0 unspecified atom stereocenters. The highest BCUT2D eigenvalue weighted by Crippen LogP contribution is 2.37. The van der Waals surface area contributed by atoms with Crippen molar-refractivity contribution < 1.29 is 9.85 Å². The van der Waals surface area contributed by atoms with Crippen LogP contribution in [0.25, 0.3) is 33.3 Å². The topological polar surface area (TPSA) is 86.3 Å². The third-order valence-electron chi connectivity index (χ3n) is 5.75. The lowest BCUT2D eigenvalue weighted by atomic mass is 10.0. The molecule has 4 aromatic carbocycles. The summed E-state index contributed by atoms with van der Waals surface area (Å²) < 4.78 is 0. The molecule has 6 heteroatoms. The van der Waals surface area contributed by atoms with Crippen molar-refractivity contribution in [1.82, 2.24) is 0 Å². The van der Waals surface area contributed by atoms with E-state index in [2.05, 4.69) is 6.07 Å². The maximum atomic E-state index is 10.9. The largest absolute Gasteiger partial charge is 0.277 e. The fourth-order valence-corrected chi connectivity index (χ4v) is 4.47. The van der Waals surface area contributed by atoms with Crippen molar-refractivity contribution in [2.45, 2.75) is 12.8 Å². The number of non-ortho nitro benzene ring substituents is 1. The molecule has 30 heavy (non-hydrogen) atoms. The molecule has 4 aromatic rings. The van der Waals surface area contributed by atoms with Crippen molar-refractivity contribution in [3.63, 3.8) is 0 Å². The minimum atomic E-state index is -0.325. The van der Waals surface area contributed by atoms with E-state index < -0.39 is 0 Å². The van der Waals surface area contributed by atoms with Gasteiger partial charge in [0.15, 0.2) is 0 Å². The summed E-state index contributed by atoms with van der Waals surface area (Å²) in [5, 5.41) is 25.6. The Balaban J connectivity index is 0.000000128. The highest BCUT2D eigenvalue weighted by molar-refractivity contribution is 6.07. The summed E-state index contributed by atoms with van der Waals surface area (Å²) in [5.41, 5.74) is 4.57. The van der Waals surface area contributed by atoms with Crippen LogP contribution in [0.1, 0.15) is 22.3 Å². The first-order valence-electron chi connectivity index (χ1n) is 9.60. The van der Waals surface area contributed by atoms with Crippen molar-refractivity contribution in [3.8, 4) is 0 Å². The molecular weight excluding hydrogens is 380 g/mol. The average molecular weight is 396 g/mol. The lowest BCUT2D eigenvalue weighted by Crippen LogP contribution is -1.94. The van der Waals surface area contributed by atoms with Crippen LogP contribution in [-0.2, 0) is 12.8 Å². The zero-order chi connectivity index (χ0) is 20.8. The molecule has 0 N–H and O–H groups in total. The molecule has 6 nitrogen and oxygen atoms in total. The molecule has 0 saturated carbocycles. The van der Waals surface area contributed by atoms with Crippen LogP contribution in [-0.4, -0.2) is 9.85 Å². The summed E-state index contributed by atoms with van der Waals surface area (Å²) in [4.78, 5) is 21.1. The number of rotatable bonds is 2. The summed E-state index contributed by atoms with van der Waals surface area (Å²) in [6, 6.07) is 20.7. The maximum absolute atomic E-state index is 10.9. The SMILES string of the molecule is O=[N+]([O-])C1=Cc2cccc3cccc1c23.O=[N+]([O-])c1ccc2c3c(cccc13)CC2. The van der Waals surface area contributed by atoms with Gasteiger partial charge in [0.1, 0.15) is 0 Å². The lowest BCUT2D eigenvalue weighted by molar-refractivity contribution is -0.383. The number of aryl methyl sites for hydroxylation is 2. The van der Waals surface area contributed by atoms with Crippen molar-refractivity contribution in [3.05, 3.63) is 109 Å². The molecule has 0 bridgehead atoms. The van der Waals surface area contributed by atoms with Gasteiger partial charge in [-0.25, -0.2) is 0 Å². The number of nitro groups is 2. The fourth-order valence-electron chi connectivity index (χ4n) is 4.47. The number of hydrogen-bond acceptors (Lipinski definition) is 4. The predicted molar refractivity (Wildman–Crippen MR) is 117 cm³/mol. The van der Waals surface area contributed by atoms with Gasteiger partial charge in [-0.05, 0) is 52.4 Å². The molecule has 0 atom stereocenters. The Kier molecular flexibility index (Phi) is 4.06. The van der Waals surface area contributed by atoms with Gasteiger partial charge in [-0.15, -0.1) is 0 Å². The van der Waals surface area contributed by atoms with Gasteiger partial charge < -0.3 is 0 Å². The van der Waals surface area contributed by atoms with Crippen LogP contribution in [0.3, 0.4) is 0 Å². The molecule has 0 heterocycles. The first-order chi connectivity index (χ1) is 14.5. The Bertz CT molecular complexity index is 1390. The van der Waals surface area contributed by atoms with E-state index in [1.54, 1.807) is 18.2 Å². The number of nitrogens with zero attached hydrogens (tertiary/aromatic N) is 2. The van der Waals surface area contributed by atoms with Crippen molar-refractivity contribution >= 4 is 39.0 Å². The van der Waals surface area contributed by atoms with Crippen LogP contribution in [0, 0.1) is 20.2 Å². The Hall–Kier alpha value is -4.06. The Morgan fingerprint density at radius 2 is 1.40 bits per heavy atom. The van der Waals surface area contributed by atoms with E-state index in [0.29, 0.717) is 0 Å². The second-order valence-electron chi connectivity index (χ2n) is 7.38. The molecule has 2 aliphatic rings. The minimum absolute atomic E-state index is 0.196. The van der Waals surface area contributed by atoms with Crippen LogP contribution >= 0.6 is 0 Å². The molecule has 6 rings (SSSR count). The number of hydrogen-bond donors (Lipinski definition) is 0. The second-order valence-corrected chi connectivity index (χ2v) is 7.38. The van der Waals surface area contributed by atoms with E-state index in [9.17, 15) is 20.2 Å². The van der Waals surface area contributed by atoms with Gasteiger partial charge in [0.05, 0.1) is 20.8 Å². The second kappa shape index (κ2) is 6.77. The lowest BCUT2D eigenvalue weighted by Gasteiger charge is -2.01. The van der Waals surface area contributed by atoms with Crippen LogP contribution in [0.2, 0.25) is 0 Å². The van der Waals surface area contributed by atoms with Crippen molar-refractivity contribution in [2.24, 2.45) is 0 Å². The van der Waals surface area contributed by atoms with E-state index in [1.807, 2.05) is 48.5 Å². The third kappa shape index (κ3) is 2.73. The van der Waals surface area contributed by atoms with E-state index in [-0.39, 0.29) is 21.2 Å². The average Bonchev–Trinajstić information content (AvgIpc) is 3.34. The highest BCUT2D eigenvalue weighted by atomic mass is 16.6. The Morgan fingerprint density at radius 1 is 0.700 bits per heavy atom. The standard InChI is InChI=1S/C12H7NO2.C12H9NO2/c14-13(15)11-7-9-5-1-3-8-4-2-6-10(11)12(8)9;14-13(15)11-7-6-9-5-4-8-2-1-3-10(11)12(8)9/h1-7H;1-3,6-7H,4-5H2. The van der Waals surface area contributed by atoms with Gasteiger partial charge in [-0.2, -0.15) is 0 Å². The van der Waals surface area contributed by atoms with Crippen LogP contribution in [0.5, 0.6) is 0 Å².